The largest absolute Gasteiger partial charge is 0.492 e. The predicted molar refractivity (Wildman–Crippen MR) is 52.3 cm³/mol. The molecule has 0 aliphatic carbocycles. The van der Waals surface area contributed by atoms with Crippen molar-refractivity contribution in [3.8, 4) is 11.8 Å². The molecule has 0 spiro atoms. The number of ether oxygens (including phenoxy) is 1. The minimum Gasteiger partial charge on any atom is -0.492 e. The first-order valence-corrected chi connectivity index (χ1v) is 4.44. The number of carbonyl (C=O) groups is 1. The Balaban J connectivity index is 2.94. The van der Waals surface area contributed by atoms with Gasteiger partial charge in [-0.15, -0.1) is 0 Å². The van der Waals surface area contributed by atoms with Crippen LogP contribution in [0.3, 0.4) is 0 Å². The highest BCUT2D eigenvalue weighted by atomic mass is 16.5. The van der Waals surface area contributed by atoms with Crippen molar-refractivity contribution in [2.75, 3.05) is 6.61 Å². The van der Waals surface area contributed by atoms with Crippen LogP contribution in [-0.4, -0.2) is 12.9 Å². The van der Waals surface area contributed by atoms with Crippen molar-refractivity contribution >= 4 is 6.29 Å². The number of aldehydes is 1. The van der Waals surface area contributed by atoms with Crippen LogP contribution in [-0.2, 0) is 0 Å². The highest BCUT2D eigenvalue weighted by Crippen LogP contribution is 2.18. The number of rotatable bonds is 4. The van der Waals surface area contributed by atoms with Gasteiger partial charge in [-0.25, -0.2) is 0 Å². The summed E-state index contributed by atoms with van der Waals surface area (Å²) in [5.41, 5.74) is 0.897. The van der Waals surface area contributed by atoms with Crippen LogP contribution in [0.4, 0.5) is 0 Å². The van der Waals surface area contributed by atoms with Crippen molar-refractivity contribution in [3.63, 3.8) is 0 Å². The zero-order valence-electron chi connectivity index (χ0n) is 7.99. The van der Waals surface area contributed by atoms with Crippen molar-refractivity contribution in [2.45, 2.75) is 13.3 Å². The summed E-state index contributed by atoms with van der Waals surface area (Å²) < 4.78 is 5.34. The molecule has 0 radical (unpaired) electrons. The molecule has 1 aromatic carbocycles. The molecule has 0 amide bonds. The maximum Gasteiger partial charge on any atom is 0.150 e. The molecule has 0 aromatic heterocycles. The second kappa shape index (κ2) is 5.03. The lowest BCUT2D eigenvalue weighted by molar-refractivity contribution is 0.112. The van der Waals surface area contributed by atoms with Gasteiger partial charge in [0.1, 0.15) is 18.1 Å². The smallest absolute Gasteiger partial charge is 0.150 e. The van der Waals surface area contributed by atoms with E-state index in [-0.39, 0.29) is 0 Å². The van der Waals surface area contributed by atoms with E-state index in [1.54, 1.807) is 12.1 Å². The Morgan fingerprint density at radius 1 is 1.57 bits per heavy atom. The van der Waals surface area contributed by atoms with Crippen molar-refractivity contribution < 1.29 is 9.53 Å². The Morgan fingerprint density at radius 3 is 2.93 bits per heavy atom. The average molecular weight is 189 g/mol. The van der Waals surface area contributed by atoms with Crippen molar-refractivity contribution in [2.24, 2.45) is 0 Å². The molecule has 0 fully saturated rings. The summed E-state index contributed by atoms with van der Waals surface area (Å²) in [7, 11) is 0. The standard InChI is InChI=1S/C11H11NO2/c1-2-5-14-11-4-3-9(8-13)6-10(11)7-12/h3-4,6,8H,2,5H2,1H3. The van der Waals surface area contributed by atoms with Crippen molar-refractivity contribution in [3.05, 3.63) is 29.3 Å². The molecule has 0 unspecified atom stereocenters. The Kier molecular flexibility index (Phi) is 3.69. The van der Waals surface area contributed by atoms with E-state index in [1.807, 2.05) is 13.0 Å². The van der Waals surface area contributed by atoms with Crippen molar-refractivity contribution in [1.29, 1.82) is 5.26 Å². The lowest BCUT2D eigenvalue weighted by Gasteiger charge is -2.06. The quantitative estimate of drug-likeness (QED) is 0.682. The molecule has 1 aromatic rings. The van der Waals surface area contributed by atoms with Crippen LogP contribution < -0.4 is 4.74 Å². The number of carbonyl (C=O) groups excluding carboxylic acids is 1. The van der Waals surface area contributed by atoms with Gasteiger partial charge >= 0.3 is 0 Å². The molecule has 72 valence electrons. The van der Waals surface area contributed by atoms with Gasteiger partial charge in [0, 0.05) is 5.56 Å². The van der Waals surface area contributed by atoms with E-state index < -0.39 is 0 Å². The van der Waals surface area contributed by atoms with Gasteiger partial charge in [0.25, 0.3) is 0 Å². The first-order valence-electron chi connectivity index (χ1n) is 4.44. The summed E-state index contributed by atoms with van der Waals surface area (Å²) in [6.45, 7) is 2.57. The number of hydrogen-bond acceptors (Lipinski definition) is 3. The van der Waals surface area contributed by atoms with Crippen LogP contribution in [0.25, 0.3) is 0 Å². The van der Waals surface area contributed by atoms with Gasteiger partial charge in [-0.2, -0.15) is 5.26 Å². The van der Waals surface area contributed by atoms with Gasteiger partial charge in [-0.05, 0) is 24.6 Å². The first-order chi connectivity index (χ1) is 6.81. The third-order valence-electron chi connectivity index (χ3n) is 1.72. The van der Waals surface area contributed by atoms with E-state index in [9.17, 15) is 4.79 Å². The summed E-state index contributed by atoms with van der Waals surface area (Å²) in [6, 6.07) is 6.81. The number of benzene rings is 1. The monoisotopic (exact) mass is 189 g/mol. The molecule has 0 N–H and O–H groups in total. The molecule has 0 aliphatic rings. The zero-order chi connectivity index (χ0) is 10.4. The summed E-state index contributed by atoms with van der Waals surface area (Å²) in [5.74, 6) is 0.542. The fourth-order valence-electron chi connectivity index (χ4n) is 1.05. The van der Waals surface area contributed by atoms with E-state index in [0.717, 1.165) is 6.42 Å². The van der Waals surface area contributed by atoms with E-state index >= 15 is 0 Å². The van der Waals surface area contributed by atoms with Crippen LogP contribution in [0.2, 0.25) is 0 Å². The van der Waals surface area contributed by atoms with Crippen LogP contribution in [0.15, 0.2) is 18.2 Å². The normalized spacial score (nSPS) is 9.14. The SMILES string of the molecule is CCCOc1ccc(C=O)cc1C#N. The second-order valence-corrected chi connectivity index (χ2v) is 2.83. The maximum atomic E-state index is 10.4. The highest BCUT2D eigenvalue weighted by molar-refractivity contribution is 5.76. The van der Waals surface area contributed by atoms with Gasteiger partial charge in [0.2, 0.25) is 0 Å². The van der Waals surface area contributed by atoms with Gasteiger partial charge in [-0.3, -0.25) is 4.79 Å². The van der Waals surface area contributed by atoms with Gasteiger partial charge in [0.05, 0.1) is 12.2 Å². The predicted octanol–water partition coefficient (Wildman–Crippen LogP) is 2.16. The van der Waals surface area contributed by atoms with Gasteiger partial charge < -0.3 is 4.74 Å². The molecule has 0 aliphatic heterocycles. The Morgan fingerprint density at radius 2 is 2.36 bits per heavy atom. The van der Waals surface area contributed by atoms with Crippen LogP contribution in [0.5, 0.6) is 5.75 Å². The fourth-order valence-corrected chi connectivity index (χ4v) is 1.05. The first kappa shape index (κ1) is 10.3. The van der Waals surface area contributed by atoms with Gasteiger partial charge in [0.15, 0.2) is 0 Å². The number of nitrogens with zero attached hydrogens (tertiary/aromatic N) is 1. The lowest BCUT2D eigenvalue weighted by atomic mass is 10.1. The summed E-state index contributed by atoms with van der Waals surface area (Å²) in [6.07, 6.45) is 1.60. The summed E-state index contributed by atoms with van der Waals surface area (Å²) in [5, 5.41) is 8.79. The molecule has 3 nitrogen and oxygen atoms in total. The topological polar surface area (TPSA) is 50.1 Å². The van der Waals surface area contributed by atoms with Crippen molar-refractivity contribution in [1.82, 2.24) is 0 Å². The van der Waals surface area contributed by atoms with Crippen LogP contribution >= 0.6 is 0 Å². The third-order valence-corrected chi connectivity index (χ3v) is 1.72. The second-order valence-electron chi connectivity index (χ2n) is 2.83. The van der Waals surface area contributed by atoms with E-state index in [4.69, 9.17) is 10.00 Å². The van der Waals surface area contributed by atoms with E-state index in [0.29, 0.717) is 29.8 Å². The van der Waals surface area contributed by atoms with E-state index in [2.05, 4.69) is 0 Å². The molecule has 1 rings (SSSR count). The minimum atomic E-state index is 0.406. The Labute approximate surface area is 82.9 Å². The fraction of sp³-hybridized carbons (Fsp3) is 0.273. The van der Waals surface area contributed by atoms with Crippen LogP contribution in [0.1, 0.15) is 29.3 Å². The van der Waals surface area contributed by atoms with Gasteiger partial charge in [-0.1, -0.05) is 6.92 Å². The molecule has 3 heteroatoms. The Hall–Kier alpha value is -1.82. The molecule has 0 saturated heterocycles. The van der Waals surface area contributed by atoms with E-state index in [1.165, 1.54) is 6.07 Å². The Bertz CT molecular complexity index is 366. The molecule has 0 saturated carbocycles. The zero-order valence-corrected chi connectivity index (χ0v) is 7.99. The lowest BCUT2D eigenvalue weighted by Crippen LogP contribution is -1.97. The molecule has 0 heterocycles. The highest BCUT2D eigenvalue weighted by Gasteiger charge is 2.03. The molecular weight excluding hydrogens is 178 g/mol. The third kappa shape index (κ3) is 2.33. The summed E-state index contributed by atoms with van der Waals surface area (Å²) in [4.78, 5) is 10.4. The van der Waals surface area contributed by atoms with Crippen LogP contribution in [0, 0.1) is 11.3 Å². The molecule has 0 bridgehead atoms. The molecule has 0 atom stereocenters. The molecule has 14 heavy (non-hydrogen) atoms. The number of hydrogen-bond donors (Lipinski definition) is 0. The average Bonchev–Trinajstić information content (AvgIpc) is 2.26. The molecular formula is C11H11NO2. The summed E-state index contributed by atoms with van der Waals surface area (Å²) >= 11 is 0. The maximum absolute atomic E-state index is 10.4. The minimum absolute atomic E-state index is 0.406. The number of nitriles is 1.